The molecule has 4 rings (SSSR count). The minimum Gasteiger partial charge on any atom is -0.360 e. The zero-order valence-corrected chi connectivity index (χ0v) is 15.0. The Labute approximate surface area is 155 Å². The first-order chi connectivity index (χ1) is 12.1. The SMILES string of the molecule is O=C(c1cc(Cl)ccc1Cl)N1CCC(c2c[nH]c3cccnc23)CC1. The molecule has 1 N–H and O–H groups in total. The maximum atomic E-state index is 12.7. The van der Waals surface area contributed by atoms with Gasteiger partial charge in [0.05, 0.1) is 21.6 Å². The lowest BCUT2D eigenvalue weighted by Crippen LogP contribution is -2.38. The highest BCUT2D eigenvalue weighted by Gasteiger charge is 2.27. The fraction of sp³-hybridized carbons (Fsp3) is 0.263. The maximum absolute atomic E-state index is 12.7. The number of nitrogens with zero attached hydrogens (tertiary/aromatic N) is 2. The van der Waals surface area contributed by atoms with Crippen LogP contribution in [0.5, 0.6) is 0 Å². The minimum absolute atomic E-state index is 0.0528. The predicted octanol–water partition coefficient (Wildman–Crippen LogP) is 4.89. The van der Waals surface area contributed by atoms with Crippen molar-refractivity contribution in [2.24, 2.45) is 0 Å². The standard InChI is InChI=1S/C19H17Cl2N3O/c20-13-3-4-16(21)14(10-13)19(25)24-8-5-12(6-9-24)15-11-23-17-2-1-7-22-18(15)17/h1-4,7,10-12,23H,5-6,8-9H2. The van der Waals surface area contributed by atoms with E-state index in [9.17, 15) is 4.79 Å². The van der Waals surface area contributed by atoms with Gasteiger partial charge in [0.15, 0.2) is 0 Å². The number of fused-ring (bicyclic) bond motifs is 1. The van der Waals surface area contributed by atoms with Crippen molar-refractivity contribution >= 4 is 40.1 Å². The van der Waals surface area contributed by atoms with E-state index in [2.05, 4.69) is 9.97 Å². The molecule has 0 unspecified atom stereocenters. The van der Waals surface area contributed by atoms with Crippen molar-refractivity contribution in [2.75, 3.05) is 13.1 Å². The average molecular weight is 374 g/mol. The quantitative estimate of drug-likeness (QED) is 0.694. The minimum atomic E-state index is -0.0528. The smallest absolute Gasteiger partial charge is 0.255 e. The first kappa shape index (κ1) is 16.4. The first-order valence-electron chi connectivity index (χ1n) is 8.30. The molecule has 3 heterocycles. The summed E-state index contributed by atoms with van der Waals surface area (Å²) in [7, 11) is 0. The van der Waals surface area contributed by atoms with E-state index in [0.717, 1.165) is 23.9 Å². The highest BCUT2D eigenvalue weighted by Crippen LogP contribution is 2.33. The summed E-state index contributed by atoms with van der Waals surface area (Å²) in [5.41, 5.74) is 3.80. The summed E-state index contributed by atoms with van der Waals surface area (Å²) < 4.78 is 0. The summed E-state index contributed by atoms with van der Waals surface area (Å²) >= 11 is 12.2. The van der Waals surface area contributed by atoms with Crippen LogP contribution in [0, 0.1) is 0 Å². The molecule has 4 nitrogen and oxygen atoms in total. The van der Waals surface area contributed by atoms with E-state index in [1.165, 1.54) is 5.56 Å². The summed E-state index contributed by atoms with van der Waals surface area (Å²) in [6.07, 6.45) is 5.69. The van der Waals surface area contributed by atoms with Crippen LogP contribution in [0.2, 0.25) is 10.0 Å². The van der Waals surface area contributed by atoms with Crippen LogP contribution in [-0.4, -0.2) is 33.9 Å². The molecule has 128 valence electrons. The van der Waals surface area contributed by atoms with Crippen LogP contribution >= 0.6 is 23.2 Å². The number of piperidine rings is 1. The number of pyridine rings is 1. The largest absolute Gasteiger partial charge is 0.360 e. The lowest BCUT2D eigenvalue weighted by molar-refractivity contribution is 0.0713. The molecule has 0 aliphatic carbocycles. The summed E-state index contributed by atoms with van der Waals surface area (Å²) in [5, 5.41) is 0.963. The molecule has 6 heteroatoms. The molecule has 1 amide bonds. The molecule has 1 aliphatic rings. The van der Waals surface area contributed by atoms with Crippen LogP contribution in [0.1, 0.15) is 34.7 Å². The van der Waals surface area contributed by atoms with Gasteiger partial charge in [-0.2, -0.15) is 0 Å². The van der Waals surface area contributed by atoms with Crippen LogP contribution in [0.15, 0.2) is 42.7 Å². The number of nitrogens with one attached hydrogen (secondary N) is 1. The van der Waals surface area contributed by atoms with Crippen molar-refractivity contribution in [1.29, 1.82) is 0 Å². The average Bonchev–Trinajstić information content (AvgIpc) is 3.07. The fourth-order valence-electron chi connectivity index (χ4n) is 3.51. The van der Waals surface area contributed by atoms with E-state index in [-0.39, 0.29) is 5.91 Å². The topological polar surface area (TPSA) is 49.0 Å². The Morgan fingerprint density at radius 3 is 2.80 bits per heavy atom. The van der Waals surface area contributed by atoms with E-state index in [1.807, 2.05) is 29.4 Å². The zero-order valence-electron chi connectivity index (χ0n) is 13.5. The van der Waals surface area contributed by atoms with Crippen molar-refractivity contribution in [2.45, 2.75) is 18.8 Å². The third kappa shape index (κ3) is 3.12. The van der Waals surface area contributed by atoms with Crippen molar-refractivity contribution in [3.8, 4) is 0 Å². The number of amides is 1. The predicted molar refractivity (Wildman–Crippen MR) is 100 cm³/mol. The second-order valence-electron chi connectivity index (χ2n) is 6.33. The third-order valence-corrected chi connectivity index (χ3v) is 5.41. The van der Waals surface area contributed by atoms with E-state index in [1.54, 1.807) is 18.2 Å². The Morgan fingerprint density at radius 1 is 1.20 bits per heavy atom. The van der Waals surface area contributed by atoms with Gasteiger partial charge in [0, 0.05) is 30.5 Å². The van der Waals surface area contributed by atoms with Gasteiger partial charge in [-0.25, -0.2) is 0 Å². The van der Waals surface area contributed by atoms with Gasteiger partial charge in [-0.3, -0.25) is 9.78 Å². The Morgan fingerprint density at radius 2 is 2.00 bits per heavy atom. The van der Waals surface area contributed by atoms with Gasteiger partial charge < -0.3 is 9.88 Å². The summed E-state index contributed by atoms with van der Waals surface area (Å²) in [6.45, 7) is 1.40. The number of carbonyl (C=O) groups excluding carboxylic acids is 1. The highest BCUT2D eigenvalue weighted by atomic mass is 35.5. The number of H-pyrrole nitrogens is 1. The molecule has 0 saturated carbocycles. The summed E-state index contributed by atoms with van der Waals surface area (Å²) in [6, 6.07) is 8.96. The van der Waals surface area contributed by atoms with Gasteiger partial charge >= 0.3 is 0 Å². The Kier molecular flexibility index (Phi) is 4.40. The molecular formula is C19H17Cl2N3O. The number of aromatic amines is 1. The molecule has 0 radical (unpaired) electrons. The van der Waals surface area contributed by atoms with Gasteiger partial charge in [0.1, 0.15) is 0 Å². The molecule has 25 heavy (non-hydrogen) atoms. The fourth-order valence-corrected chi connectivity index (χ4v) is 3.88. The van der Waals surface area contributed by atoms with Crippen LogP contribution in [0.3, 0.4) is 0 Å². The van der Waals surface area contributed by atoms with Gasteiger partial charge in [-0.05, 0) is 54.7 Å². The molecule has 1 aliphatic heterocycles. The normalized spacial score (nSPS) is 15.7. The van der Waals surface area contributed by atoms with E-state index in [4.69, 9.17) is 23.2 Å². The van der Waals surface area contributed by atoms with Gasteiger partial charge in [0.2, 0.25) is 0 Å². The Bertz CT molecular complexity index is 929. The molecule has 0 spiro atoms. The van der Waals surface area contributed by atoms with Crippen molar-refractivity contribution < 1.29 is 4.79 Å². The molecule has 0 bridgehead atoms. The number of benzene rings is 1. The number of rotatable bonds is 2. The molecule has 2 aromatic heterocycles. The van der Waals surface area contributed by atoms with Gasteiger partial charge in [-0.1, -0.05) is 23.2 Å². The molecule has 1 fully saturated rings. The second-order valence-corrected chi connectivity index (χ2v) is 7.18. The summed E-state index contributed by atoms with van der Waals surface area (Å²) in [4.78, 5) is 22.4. The monoisotopic (exact) mass is 373 g/mol. The van der Waals surface area contributed by atoms with Gasteiger partial charge in [0.25, 0.3) is 5.91 Å². The molecule has 0 atom stereocenters. The number of hydrogen-bond donors (Lipinski definition) is 1. The third-order valence-electron chi connectivity index (χ3n) is 4.85. The Hall–Kier alpha value is -2.04. The maximum Gasteiger partial charge on any atom is 0.255 e. The first-order valence-corrected chi connectivity index (χ1v) is 9.05. The highest BCUT2D eigenvalue weighted by molar-refractivity contribution is 6.35. The number of hydrogen-bond acceptors (Lipinski definition) is 2. The van der Waals surface area contributed by atoms with Crippen LogP contribution in [-0.2, 0) is 0 Å². The van der Waals surface area contributed by atoms with Crippen LogP contribution in [0.4, 0.5) is 0 Å². The van der Waals surface area contributed by atoms with E-state index >= 15 is 0 Å². The van der Waals surface area contributed by atoms with E-state index < -0.39 is 0 Å². The second kappa shape index (κ2) is 6.70. The molecule has 1 aromatic carbocycles. The van der Waals surface area contributed by atoms with Crippen molar-refractivity contribution in [3.63, 3.8) is 0 Å². The molecule has 1 saturated heterocycles. The number of aromatic nitrogens is 2. The van der Waals surface area contributed by atoms with Crippen molar-refractivity contribution in [3.05, 3.63) is 63.9 Å². The number of carbonyl (C=O) groups is 1. The molecular weight excluding hydrogens is 357 g/mol. The van der Waals surface area contributed by atoms with Crippen molar-refractivity contribution in [1.82, 2.24) is 14.9 Å². The van der Waals surface area contributed by atoms with Gasteiger partial charge in [-0.15, -0.1) is 0 Å². The van der Waals surface area contributed by atoms with Crippen LogP contribution in [0.25, 0.3) is 11.0 Å². The Balaban J connectivity index is 1.50. The number of halogens is 2. The van der Waals surface area contributed by atoms with Crippen LogP contribution < -0.4 is 0 Å². The lowest BCUT2D eigenvalue weighted by Gasteiger charge is -2.32. The number of likely N-dealkylation sites (tertiary alicyclic amines) is 1. The zero-order chi connectivity index (χ0) is 17.4. The lowest BCUT2D eigenvalue weighted by atomic mass is 9.90. The molecule has 3 aromatic rings. The van der Waals surface area contributed by atoms with E-state index in [0.29, 0.717) is 34.6 Å². The summed E-state index contributed by atoms with van der Waals surface area (Å²) in [5.74, 6) is 0.352.